The van der Waals surface area contributed by atoms with Gasteiger partial charge in [0.1, 0.15) is 21.5 Å². The van der Waals surface area contributed by atoms with Crippen LogP contribution in [0, 0.1) is 0 Å². The Kier molecular flexibility index (Phi) is 7.90. The first-order valence-electron chi connectivity index (χ1n) is 10.3. The van der Waals surface area contributed by atoms with Gasteiger partial charge < -0.3 is 15.5 Å². The molecule has 1 amide bonds. The number of ketones is 1. The molecule has 178 valence electrons. The Balaban J connectivity index is 1.99. The summed E-state index contributed by atoms with van der Waals surface area (Å²) in [5.74, 6) is -0.969. The molecule has 1 aromatic heterocycles. The number of aliphatic hydroxyl groups is 2. The Hall–Kier alpha value is -1.92. The molecule has 2 aliphatic rings. The van der Waals surface area contributed by atoms with Crippen molar-refractivity contribution in [1.29, 1.82) is 0 Å². The standard InChI is InChI=1S/C22H26N2O6S3/c1-13-8-9-22(21(3,29)20(28)32-33(22)30)11-18(27)23-14(2)19-24-15(12-31-19)6-4-5-7-16(25)17(26)10-13/h4-7,10,12,14,17,26,29H,8-9,11H2,1-3H3,(H,23,27)/b6-4+,7-5-,13-10+/t14-,17-,21+,22-,33?/m1/s1. The van der Waals surface area contributed by atoms with Crippen LogP contribution >= 0.6 is 22.1 Å². The summed E-state index contributed by atoms with van der Waals surface area (Å²) in [6.07, 6.45) is 6.07. The quantitative estimate of drug-likeness (QED) is 0.358. The van der Waals surface area contributed by atoms with Crippen LogP contribution in [0.4, 0.5) is 0 Å². The Bertz CT molecular complexity index is 1070. The molecular formula is C22H26N2O6S3. The second kappa shape index (κ2) is 10.1. The highest BCUT2D eigenvalue weighted by Gasteiger charge is 2.63. The van der Waals surface area contributed by atoms with Crippen molar-refractivity contribution < 1.29 is 28.8 Å². The minimum absolute atomic E-state index is 0.0520. The van der Waals surface area contributed by atoms with Crippen LogP contribution in [0.5, 0.6) is 0 Å². The molecule has 0 radical (unpaired) electrons. The number of aliphatic hydroxyl groups excluding tert-OH is 1. The average molecular weight is 511 g/mol. The molecule has 0 aromatic carbocycles. The summed E-state index contributed by atoms with van der Waals surface area (Å²) in [5.41, 5.74) is -0.732. The monoisotopic (exact) mass is 510 g/mol. The highest BCUT2D eigenvalue weighted by molar-refractivity contribution is 8.76. The van der Waals surface area contributed by atoms with Crippen molar-refractivity contribution in [3.05, 3.63) is 46.0 Å². The Morgan fingerprint density at radius 3 is 2.61 bits per heavy atom. The van der Waals surface area contributed by atoms with Crippen LogP contribution in [-0.2, 0) is 24.2 Å². The van der Waals surface area contributed by atoms with Gasteiger partial charge in [-0.1, -0.05) is 17.7 Å². The zero-order valence-corrected chi connectivity index (χ0v) is 20.9. The molecule has 3 heterocycles. The van der Waals surface area contributed by atoms with E-state index in [0.29, 0.717) is 27.1 Å². The second-order valence-electron chi connectivity index (χ2n) is 8.33. The number of carbonyl (C=O) groups is 3. The smallest absolute Gasteiger partial charge is 0.234 e. The first kappa shape index (κ1) is 25.7. The molecule has 1 spiro atoms. The lowest BCUT2D eigenvalue weighted by Crippen LogP contribution is -2.55. The highest BCUT2D eigenvalue weighted by Crippen LogP contribution is 2.50. The molecule has 1 unspecified atom stereocenters. The van der Waals surface area contributed by atoms with Gasteiger partial charge >= 0.3 is 0 Å². The maximum absolute atomic E-state index is 13.0. The number of amides is 1. The third-order valence-corrected chi connectivity index (χ3v) is 10.8. The molecular weight excluding hydrogens is 484 g/mol. The number of carbonyl (C=O) groups excluding carboxylic acids is 3. The van der Waals surface area contributed by atoms with Gasteiger partial charge in [-0.25, -0.2) is 9.19 Å². The fourth-order valence-corrected chi connectivity index (χ4v) is 8.39. The molecule has 8 nitrogen and oxygen atoms in total. The van der Waals surface area contributed by atoms with E-state index in [1.807, 2.05) is 0 Å². The SMILES string of the molecule is C/C1=C\[C@@H](O)C(=O)/C=C\C=C\c2csc(n2)[C@@H](C)NC(=O)C[C@@]2(CC1)S(=O)SC(=O)[C@]2(C)O. The molecule has 0 saturated carbocycles. The van der Waals surface area contributed by atoms with Gasteiger partial charge in [-0.15, -0.1) is 11.3 Å². The minimum Gasteiger partial charge on any atom is -0.381 e. The zero-order chi connectivity index (χ0) is 24.4. The maximum Gasteiger partial charge on any atom is 0.234 e. The predicted octanol–water partition coefficient (Wildman–Crippen LogP) is 2.38. The minimum atomic E-state index is -1.99. The fraction of sp³-hybridized carbons (Fsp3) is 0.455. The number of rotatable bonds is 0. The van der Waals surface area contributed by atoms with Gasteiger partial charge in [0, 0.05) is 22.6 Å². The van der Waals surface area contributed by atoms with Gasteiger partial charge in [0.15, 0.2) is 5.78 Å². The number of hydrogen-bond donors (Lipinski definition) is 3. The first-order valence-corrected chi connectivity index (χ1v) is 13.7. The number of aromatic nitrogens is 1. The molecule has 3 rings (SSSR count). The van der Waals surface area contributed by atoms with E-state index in [-0.39, 0.29) is 19.3 Å². The Labute approximate surface area is 202 Å². The van der Waals surface area contributed by atoms with Gasteiger partial charge in [0.2, 0.25) is 11.0 Å². The molecule has 1 aromatic rings. The van der Waals surface area contributed by atoms with Crippen molar-refractivity contribution >= 4 is 54.8 Å². The predicted molar refractivity (Wildman–Crippen MR) is 130 cm³/mol. The topological polar surface area (TPSA) is 134 Å². The summed E-state index contributed by atoms with van der Waals surface area (Å²) < 4.78 is 11.5. The number of thiazole rings is 1. The van der Waals surface area contributed by atoms with Crippen molar-refractivity contribution in [2.24, 2.45) is 0 Å². The van der Waals surface area contributed by atoms with E-state index in [1.165, 1.54) is 36.5 Å². The van der Waals surface area contributed by atoms with Crippen molar-refractivity contribution in [3.8, 4) is 0 Å². The number of fused-ring (bicyclic) bond motifs is 2. The first-order chi connectivity index (χ1) is 15.5. The third-order valence-electron chi connectivity index (χ3n) is 5.78. The highest BCUT2D eigenvalue weighted by atomic mass is 33.1. The van der Waals surface area contributed by atoms with Crippen LogP contribution in [0.3, 0.4) is 0 Å². The summed E-state index contributed by atoms with van der Waals surface area (Å²) in [4.78, 5) is 42.0. The molecule has 2 bridgehead atoms. The van der Waals surface area contributed by atoms with E-state index in [1.54, 1.807) is 31.4 Å². The number of nitrogens with zero attached hydrogens (tertiary/aromatic N) is 1. The van der Waals surface area contributed by atoms with Gasteiger partial charge in [0.05, 0.1) is 21.6 Å². The van der Waals surface area contributed by atoms with Crippen molar-refractivity contribution in [2.75, 3.05) is 0 Å². The second-order valence-corrected chi connectivity index (χ2v) is 12.4. The van der Waals surface area contributed by atoms with Crippen LogP contribution in [0.1, 0.15) is 56.8 Å². The van der Waals surface area contributed by atoms with E-state index in [9.17, 15) is 28.8 Å². The van der Waals surface area contributed by atoms with E-state index < -0.39 is 49.1 Å². The molecule has 2 aliphatic heterocycles. The van der Waals surface area contributed by atoms with Crippen molar-refractivity contribution in [3.63, 3.8) is 0 Å². The van der Waals surface area contributed by atoms with Crippen LogP contribution < -0.4 is 5.32 Å². The molecule has 1 saturated heterocycles. The number of hydrogen-bond acceptors (Lipinski definition) is 9. The zero-order valence-electron chi connectivity index (χ0n) is 18.4. The molecule has 5 atom stereocenters. The van der Waals surface area contributed by atoms with E-state index in [2.05, 4.69) is 10.3 Å². The lowest BCUT2D eigenvalue weighted by atomic mass is 9.81. The van der Waals surface area contributed by atoms with Crippen LogP contribution in [0.2, 0.25) is 0 Å². The van der Waals surface area contributed by atoms with Crippen molar-refractivity contribution in [2.45, 2.75) is 62.5 Å². The number of allylic oxidation sites excluding steroid dienone is 3. The van der Waals surface area contributed by atoms with Gasteiger partial charge in [-0.3, -0.25) is 14.4 Å². The molecule has 11 heteroatoms. The van der Waals surface area contributed by atoms with Gasteiger partial charge in [-0.2, -0.15) is 0 Å². The summed E-state index contributed by atoms with van der Waals surface area (Å²) in [5, 5.41) is 25.8. The van der Waals surface area contributed by atoms with E-state index >= 15 is 0 Å². The summed E-state index contributed by atoms with van der Waals surface area (Å²) in [7, 11) is -1.33. The van der Waals surface area contributed by atoms with E-state index in [4.69, 9.17) is 0 Å². The summed E-state index contributed by atoms with van der Waals surface area (Å²) >= 11 is 1.35. The normalized spacial score (nSPS) is 37.7. The molecule has 0 aliphatic carbocycles. The van der Waals surface area contributed by atoms with E-state index in [0.717, 1.165) is 0 Å². The van der Waals surface area contributed by atoms with Gasteiger partial charge in [0.25, 0.3) is 0 Å². The van der Waals surface area contributed by atoms with Crippen LogP contribution in [0.15, 0.2) is 35.3 Å². The number of nitrogens with one attached hydrogen (secondary N) is 1. The Morgan fingerprint density at radius 2 is 1.94 bits per heavy atom. The summed E-state index contributed by atoms with van der Waals surface area (Å²) in [6.45, 7) is 4.75. The largest absolute Gasteiger partial charge is 0.381 e. The average Bonchev–Trinajstić information content (AvgIpc) is 3.27. The maximum atomic E-state index is 13.0. The molecule has 3 N–H and O–H groups in total. The van der Waals surface area contributed by atoms with Crippen LogP contribution in [0.25, 0.3) is 6.08 Å². The van der Waals surface area contributed by atoms with Crippen LogP contribution in [-0.4, -0.2) is 52.7 Å². The van der Waals surface area contributed by atoms with Gasteiger partial charge in [-0.05, 0) is 51.8 Å². The molecule has 1 fully saturated rings. The fourth-order valence-electron chi connectivity index (χ4n) is 3.65. The third kappa shape index (κ3) is 5.43. The van der Waals surface area contributed by atoms with Crippen molar-refractivity contribution in [1.82, 2.24) is 10.3 Å². The molecule has 33 heavy (non-hydrogen) atoms. The lowest BCUT2D eigenvalue weighted by molar-refractivity contribution is -0.132. The summed E-state index contributed by atoms with van der Waals surface area (Å²) in [6, 6.07) is -0.433. The Morgan fingerprint density at radius 1 is 1.24 bits per heavy atom. The lowest BCUT2D eigenvalue weighted by Gasteiger charge is -2.36.